The normalized spacial score (nSPS) is 25.0. The van der Waals surface area contributed by atoms with Crippen LogP contribution in [-0.4, -0.2) is 154 Å². The van der Waals surface area contributed by atoms with Crippen LogP contribution in [0.4, 0.5) is 0 Å². The first-order valence-electron chi connectivity index (χ1n) is 37.1. The molecule has 20 heteroatoms. The maximum Gasteiger partial charge on any atom is 0.176 e. The smallest absolute Gasteiger partial charge is 0.176 e. The van der Waals surface area contributed by atoms with E-state index in [0.717, 1.165) is 22.3 Å². The van der Waals surface area contributed by atoms with Gasteiger partial charge in [-0.2, -0.15) is 0 Å². The Labute approximate surface area is 609 Å². The van der Waals surface area contributed by atoms with E-state index < -0.39 is 152 Å². The van der Waals surface area contributed by atoms with E-state index in [4.69, 9.17) is 0 Å². The highest BCUT2D eigenvalue weighted by atomic mass is 16.4. The van der Waals surface area contributed by atoms with Gasteiger partial charge in [0.05, 0.1) is 48.1 Å². The first kappa shape index (κ1) is 94.2. The molecular weight excluding hydrogens is 1300 g/mol. The third-order valence-electron chi connectivity index (χ3n) is 19.9. The largest absolute Gasteiger partial charge is 0.508 e. The Bertz CT molecular complexity index is 3180. The molecule has 4 aliphatic carbocycles. The number of allylic oxidation sites excluding steroid dienone is 11. The Hall–Kier alpha value is -5.84. The summed E-state index contributed by atoms with van der Waals surface area (Å²) in [6.07, 6.45) is 7.27. The van der Waals surface area contributed by atoms with Crippen LogP contribution >= 0.6 is 0 Å². The Morgan fingerprint density at radius 1 is 0.373 bits per heavy atom. The van der Waals surface area contributed by atoms with Gasteiger partial charge >= 0.3 is 0 Å². The minimum absolute atomic E-state index is 0.0542. The second-order valence-electron chi connectivity index (χ2n) is 32.2. The van der Waals surface area contributed by atoms with E-state index in [2.05, 4.69) is 0 Å². The van der Waals surface area contributed by atoms with Crippen LogP contribution in [0.15, 0.2) is 91.9 Å². The van der Waals surface area contributed by atoms with Crippen molar-refractivity contribution >= 4 is 46.3 Å². The quantitative estimate of drug-likeness (QED) is 0.0207. The van der Waals surface area contributed by atoms with Crippen LogP contribution in [0, 0.1) is 65.1 Å². The third kappa shape index (κ3) is 23.3. The van der Waals surface area contributed by atoms with Crippen molar-refractivity contribution in [2.75, 3.05) is 0 Å². The molecule has 12 N–H and O–H groups in total. The summed E-state index contributed by atoms with van der Waals surface area (Å²) in [6, 6.07) is 0. The second-order valence-corrected chi connectivity index (χ2v) is 32.2. The van der Waals surface area contributed by atoms with Gasteiger partial charge in [-0.25, -0.2) is 0 Å². The average molecular weight is 1440 g/mol. The van der Waals surface area contributed by atoms with Crippen LogP contribution in [0.5, 0.6) is 0 Å². The maximum absolute atomic E-state index is 12.9. The van der Waals surface area contributed by atoms with Gasteiger partial charge in [-0.05, 0) is 168 Å². The number of carbonyl (C=O) groups excluding carboxylic acids is 8. The number of rotatable bonds is 35. The standard InChI is InChI=1S/C22H36O5.C21H34O5.C20H32O5.C19H30O5/c1-13(2)7-10-16-20(25)19(17(23)11-8-14(3)4)21(26)22(16,27)18(24)12-9-15(5)6;1-7-14(6)18(23)17-19(24)15(10-8-12(2)3)21(26,20(17)25)16(22)11-9-13(4)5;1-11(2)7-9-14-18(23)16(17(22)13(5)6)19(24)20(14,25)15(21)10-8-12(3)4;1-6-14(20)16-17(22)13(9-7-11(2)3)19(24,18(16)23)15(21)10-8-12(4)5/h9,13-14,16,18,24,26-27H,7-8,10-12H2,1-6H3;8,13-16,22,25-26H,7,9-11H2,1-6H3;7,12-15,21,24-25H,8-10H2,1-6H3;7,12-13,15,21,23-24H,6,8-10H2,1-5H3/t16-,18?,22?;14?,15-,16?,21?;14-,15?,20?;13-,15?,19?/m1111/s1. The first-order valence-corrected chi connectivity index (χ1v) is 37.1. The van der Waals surface area contributed by atoms with Crippen LogP contribution in [0.2, 0.25) is 0 Å². The minimum Gasteiger partial charge on any atom is -0.508 e. The molecule has 0 spiro atoms. The van der Waals surface area contributed by atoms with Gasteiger partial charge in [0.2, 0.25) is 0 Å². The van der Waals surface area contributed by atoms with Crippen LogP contribution in [0.25, 0.3) is 0 Å². The molecule has 0 aromatic heterocycles. The van der Waals surface area contributed by atoms with Crippen LogP contribution < -0.4 is 0 Å². The summed E-state index contributed by atoms with van der Waals surface area (Å²) < 4.78 is 0. The molecular formula is C82H132O20. The number of carbonyl (C=O) groups is 8. The Balaban J connectivity index is 0.000000681. The highest BCUT2D eigenvalue weighted by Gasteiger charge is 2.62. The van der Waals surface area contributed by atoms with E-state index in [1.807, 2.05) is 132 Å². The lowest BCUT2D eigenvalue weighted by atomic mass is 9.78. The zero-order valence-electron chi connectivity index (χ0n) is 65.9. The molecule has 0 bridgehead atoms. The maximum atomic E-state index is 12.9. The van der Waals surface area contributed by atoms with Crippen molar-refractivity contribution in [2.24, 2.45) is 65.1 Å². The molecule has 0 aliphatic heterocycles. The Morgan fingerprint density at radius 3 is 0.951 bits per heavy atom. The van der Waals surface area contributed by atoms with Gasteiger partial charge in [0.15, 0.2) is 68.7 Å². The summed E-state index contributed by atoms with van der Waals surface area (Å²) in [6.45, 7) is 43.2. The lowest BCUT2D eigenvalue weighted by Gasteiger charge is -2.34. The summed E-state index contributed by atoms with van der Waals surface area (Å²) in [5.74, 6) is -10.4. The summed E-state index contributed by atoms with van der Waals surface area (Å²) in [4.78, 5) is 101. The molecule has 0 aromatic carbocycles. The molecule has 9 unspecified atom stereocenters. The number of Topliss-reactive ketones (excluding diaryl/α,β-unsaturated/α-hetero) is 8. The molecule has 20 nitrogen and oxygen atoms in total. The third-order valence-corrected chi connectivity index (χ3v) is 19.9. The van der Waals surface area contributed by atoms with E-state index in [0.29, 0.717) is 68.6 Å². The predicted molar refractivity (Wildman–Crippen MR) is 398 cm³/mol. The topological polar surface area (TPSA) is 379 Å². The molecule has 13 atom stereocenters. The summed E-state index contributed by atoms with van der Waals surface area (Å²) in [5, 5.41) is 129. The van der Waals surface area contributed by atoms with E-state index in [1.165, 1.54) is 0 Å². The molecule has 0 saturated carbocycles. The summed E-state index contributed by atoms with van der Waals surface area (Å²) in [7, 11) is 0. The zero-order valence-corrected chi connectivity index (χ0v) is 65.9. The fourth-order valence-corrected chi connectivity index (χ4v) is 12.9. The van der Waals surface area contributed by atoms with E-state index >= 15 is 0 Å². The lowest BCUT2D eigenvalue weighted by Crippen LogP contribution is -2.49. The Kier molecular flexibility index (Phi) is 38.0. The molecule has 580 valence electrons. The highest BCUT2D eigenvalue weighted by Crippen LogP contribution is 2.48. The lowest BCUT2D eigenvalue weighted by molar-refractivity contribution is -0.136. The minimum atomic E-state index is -2.11. The number of aliphatic hydroxyl groups excluding tert-OH is 8. The first-order chi connectivity index (χ1) is 46.9. The molecule has 0 radical (unpaired) electrons. The van der Waals surface area contributed by atoms with Gasteiger partial charge in [-0.1, -0.05) is 157 Å². The predicted octanol–water partition coefficient (Wildman–Crippen LogP) is 13.4. The van der Waals surface area contributed by atoms with Crippen molar-refractivity contribution in [1.29, 1.82) is 0 Å². The molecule has 0 aromatic rings. The molecule has 102 heavy (non-hydrogen) atoms. The van der Waals surface area contributed by atoms with E-state index in [9.17, 15) is 99.6 Å². The van der Waals surface area contributed by atoms with Crippen molar-refractivity contribution in [3.05, 3.63) is 91.9 Å². The van der Waals surface area contributed by atoms with Crippen LogP contribution in [0.1, 0.15) is 262 Å². The number of hydrogen-bond donors (Lipinski definition) is 12. The van der Waals surface area contributed by atoms with Crippen molar-refractivity contribution in [2.45, 2.75) is 309 Å². The van der Waals surface area contributed by atoms with Gasteiger partial charge in [0.25, 0.3) is 0 Å². The molecule has 0 saturated heterocycles. The van der Waals surface area contributed by atoms with Crippen molar-refractivity contribution < 1.29 is 99.6 Å². The molecule has 0 fully saturated rings. The fraction of sp³-hybridized carbons (Fsp3) is 0.707. The van der Waals surface area contributed by atoms with Crippen molar-refractivity contribution in [1.82, 2.24) is 0 Å². The van der Waals surface area contributed by atoms with Gasteiger partial charge in [0.1, 0.15) is 45.3 Å². The number of aliphatic hydroxyl groups is 12. The average Bonchev–Trinajstić information content (AvgIpc) is 1.62. The molecule has 0 heterocycles. The van der Waals surface area contributed by atoms with E-state index in [-0.39, 0.29) is 86.0 Å². The molecule has 4 rings (SSSR count). The van der Waals surface area contributed by atoms with Gasteiger partial charge in [-0.3, -0.25) is 38.4 Å². The van der Waals surface area contributed by atoms with Crippen molar-refractivity contribution in [3.63, 3.8) is 0 Å². The second kappa shape index (κ2) is 41.2. The Morgan fingerprint density at radius 2 is 0.657 bits per heavy atom. The van der Waals surface area contributed by atoms with Crippen molar-refractivity contribution in [3.8, 4) is 0 Å². The molecule has 0 amide bonds. The zero-order chi connectivity index (χ0) is 79.3. The SMILES string of the molecule is CC(C)=CCC(O)C1(O)C(O)=C(C(=O)CCC(C)C)C(=O)[C@H]1CCC(C)C.CC(C)=CC[C@@H]1C(=O)C(C(=O)C(C)C)=C(O)C1(O)C(O)CCC(C)C.CCC(=O)C1=C(O)C(O)(C(O)CCC(C)C)[C@H](CC=C(C)C)C1=O.CCC(C)C(=O)C1=C(O)C(O)(C(O)CCC(C)C)[C@H](CC=C(C)C)C1=O. The van der Waals surface area contributed by atoms with Gasteiger partial charge < -0.3 is 61.3 Å². The fourth-order valence-electron chi connectivity index (χ4n) is 12.9. The molecule has 4 aliphatic rings. The van der Waals surface area contributed by atoms with Gasteiger partial charge in [-0.15, -0.1) is 0 Å². The highest BCUT2D eigenvalue weighted by molar-refractivity contribution is 6.26. The number of ketones is 8. The van der Waals surface area contributed by atoms with Gasteiger partial charge in [0, 0.05) is 24.7 Å². The monoisotopic (exact) mass is 1440 g/mol. The van der Waals surface area contributed by atoms with E-state index in [1.54, 1.807) is 52.0 Å². The number of hydrogen-bond acceptors (Lipinski definition) is 20. The van der Waals surface area contributed by atoms with Crippen LogP contribution in [0.3, 0.4) is 0 Å². The summed E-state index contributed by atoms with van der Waals surface area (Å²) in [5.41, 5.74) is -5.97. The van der Waals surface area contributed by atoms with Crippen LogP contribution in [-0.2, 0) is 38.4 Å². The summed E-state index contributed by atoms with van der Waals surface area (Å²) >= 11 is 0.